The molecule has 1 aromatic rings. The number of aldehydes is 1. The summed E-state index contributed by atoms with van der Waals surface area (Å²) >= 11 is 1.44. The molecule has 0 unspecified atom stereocenters. The Balaban J connectivity index is 2.79. The minimum Gasteiger partial charge on any atom is -0.360 e. The first-order valence-corrected chi connectivity index (χ1v) is 4.92. The predicted molar refractivity (Wildman–Crippen MR) is 56.4 cm³/mol. The van der Waals surface area contributed by atoms with Crippen molar-refractivity contribution in [2.75, 3.05) is 18.0 Å². The zero-order valence-corrected chi connectivity index (χ0v) is 8.30. The first-order valence-electron chi connectivity index (χ1n) is 4.04. The Labute approximate surface area is 82.2 Å². The van der Waals surface area contributed by atoms with Crippen molar-refractivity contribution in [3.05, 3.63) is 16.3 Å². The third-order valence-corrected chi connectivity index (χ3v) is 2.60. The summed E-state index contributed by atoms with van der Waals surface area (Å²) in [5.41, 5.74) is 1.03. The van der Waals surface area contributed by atoms with E-state index < -0.39 is 0 Å². The number of carbonyl (C=O) groups excluding carboxylic acids is 1. The fraction of sp³-hybridized carbons (Fsp3) is 0.300. The van der Waals surface area contributed by atoms with Gasteiger partial charge in [0.2, 0.25) is 0 Å². The lowest BCUT2D eigenvalue weighted by molar-refractivity contribution is 0.112. The van der Waals surface area contributed by atoms with Gasteiger partial charge in [-0.2, -0.15) is 0 Å². The molecular formula is C10H11NOS. The average Bonchev–Trinajstić information content (AvgIpc) is 2.62. The number of rotatable bonds is 4. The standard InChI is InChI=1S/C10H11NOS/c1-3-5-11(4-2)9-6-10(7-12)13-8-9/h1,6-8H,4-5H2,2H3. The molecule has 0 radical (unpaired) electrons. The lowest BCUT2D eigenvalue weighted by Crippen LogP contribution is -2.21. The second-order valence-electron chi connectivity index (χ2n) is 2.54. The summed E-state index contributed by atoms with van der Waals surface area (Å²) in [5, 5.41) is 1.95. The number of carbonyl (C=O) groups is 1. The first kappa shape index (κ1) is 9.82. The number of nitrogens with zero attached hydrogens (tertiary/aromatic N) is 1. The molecule has 0 N–H and O–H groups in total. The Morgan fingerprint density at radius 1 is 1.77 bits per heavy atom. The van der Waals surface area contributed by atoms with E-state index in [4.69, 9.17) is 6.42 Å². The highest BCUT2D eigenvalue weighted by molar-refractivity contribution is 7.12. The van der Waals surface area contributed by atoms with Crippen molar-refractivity contribution in [1.29, 1.82) is 0 Å². The summed E-state index contributed by atoms with van der Waals surface area (Å²) in [7, 11) is 0. The van der Waals surface area contributed by atoms with Crippen molar-refractivity contribution in [2.24, 2.45) is 0 Å². The number of hydrogen-bond acceptors (Lipinski definition) is 3. The molecule has 0 saturated heterocycles. The van der Waals surface area contributed by atoms with Crippen LogP contribution in [-0.2, 0) is 0 Å². The second-order valence-corrected chi connectivity index (χ2v) is 3.49. The number of anilines is 1. The third-order valence-electron chi connectivity index (χ3n) is 1.75. The summed E-state index contributed by atoms with van der Waals surface area (Å²) in [4.78, 5) is 13.2. The van der Waals surface area contributed by atoms with Crippen LogP contribution in [0.4, 0.5) is 5.69 Å². The Morgan fingerprint density at radius 2 is 2.54 bits per heavy atom. The van der Waals surface area contributed by atoms with Gasteiger partial charge in [0.05, 0.1) is 11.4 Å². The molecule has 0 spiro atoms. The highest BCUT2D eigenvalue weighted by atomic mass is 32.1. The van der Waals surface area contributed by atoms with Crippen LogP contribution in [0.2, 0.25) is 0 Å². The quantitative estimate of drug-likeness (QED) is 0.538. The van der Waals surface area contributed by atoms with Crippen molar-refractivity contribution >= 4 is 23.3 Å². The highest BCUT2D eigenvalue weighted by Crippen LogP contribution is 2.21. The predicted octanol–water partition coefficient (Wildman–Crippen LogP) is 2.02. The topological polar surface area (TPSA) is 20.3 Å². The van der Waals surface area contributed by atoms with Crippen molar-refractivity contribution in [3.63, 3.8) is 0 Å². The van der Waals surface area contributed by atoms with Crippen molar-refractivity contribution in [2.45, 2.75) is 6.92 Å². The molecule has 0 aliphatic carbocycles. The van der Waals surface area contributed by atoms with Crippen LogP contribution in [0, 0.1) is 12.3 Å². The first-order chi connectivity index (χ1) is 6.31. The van der Waals surface area contributed by atoms with Crippen LogP contribution in [0.5, 0.6) is 0 Å². The van der Waals surface area contributed by atoms with Gasteiger partial charge in [-0.05, 0) is 13.0 Å². The molecule has 0 aromatic carbocycles. The van der Waals surface area contributed by atoms with E-state index in [1.54, 1.807) is 0 Å². The average molecular weight is 193 g/mol. The largest absolute Gasteiger partial charge is 0.360 e. The maximum absolute atomic E-state index is 10.4. The van der Waals surface area contributed by atoms with Gasteiger partial charge >= 0.3 is 0 Å². The molecule has 0 aliphatic rings. The summed E-state index contributed by atoms with van der Waals surface area (Å²) in [6.45, 7) is 3.49. The molecule has 0 saturated carbocycles. The van der Waals surface area contributed by atoms with E-state index in [2.05, 4.69) is 5.92 Å². The normalized spacial score (nSPS) is 9.23. The van der Waals surface area contributed by atoms with Crippen LogP contribution >= 0.6 is 11.3 Å². The second kappa shape index (κ2) is 4.68. The van der Waals surface area contributed by atoms with Crippen molar-refractivity contribution in [1.82, 2.24) is 0 Å². The number of hydrogen-bond donors (Lipinski definition) is 0. The molecule has 0 atom stereocenters. The lowest BCUT2D eigenvalue weighted by atomic mass is 10.4. The summed E-state index contributed by atoms with van der Waals surface area (Å²) in [5.74, 6) is 2.59. The van der Waals surface area contributed by atoms with E-state index in [9.17, 15) is 4.79 Å². The molecule has 1 rings (SSSR count). The molecular weight excluding hydrogens is 182 g/mol. The minimum absolute atomic E-state index is 0.589. The third kappa shape index (κ3) is 2.33. The van der Waals surface area contributed by atoms with Crippen LogP contribution in [0.25, 0.3) is 0 Å². The fourth-order valence-corrected chi connectivity index (χ4v) is 1.78. The Morgan fingerprint density at radius 3 is 3.00 bits per heavy atom. The molecule has 3 heteroatoms. The van der Waals surface area contributed by atoms with E-state index in [1.807, 2.05) is 23.3 Å². The zero-order chi connectivity index (χ0) is 9.68. The molecule has 1 aromatic heterocycles. The minimum atomic E-state index is 0.589. The van der Waals surface area contributed by atoms with Gasteiger partial charge in [-0.3, -0.25) is 4.79 Å². The summed E-state index contributed by atoms with van der Waals surface area (Å²) in [6, 6.07) is 1.86. The SMILES string of the molecule is C#CCN(CC)c1csc(C=O)c1. The number of terminal acetylenes is 1. The smallest absolute Gasteiger partial charge is 0.160 e. The monoisotopic (exact) mass is 193 g/mol. The molecule has 68 valence electrons. The van der Waals surface area contributed by atoms with Gasteiger partial charge in [0.1, 0.15) is 0 Å². The Hall–Kier alpha value is -1.27. The van der Waals surface area contributed by atoms with Crippen LogP contribution < -0.4 is 4.90 Å². The van der Waals surface area contributed by atoms with E-state index in [-0.39, 0.29) is 0 Å². The van der Waals surface area contributed by atoms with Gasteiger partial charge in [0, 0.05) is 17.6 Å². The number of thiophene rings is 1. The van der Waals surface area contributed by atoms with E-state index in [0.29, 0.717) is 6.54 Å². The zero-order valence-electron chi connectivity index (χ0n) is 7.49. The van der Waals surface area contributed by atoms with Gasteiger partial charge < -0.3 is 4.90 Å². The van der Waals surface area contributed by atoms with Crippen LogP contribution in [0.3, 0.4) is 0 Å². The molecule has 2 nitrogen and oxygen atoms in total. The molecule has 0 bridgehead atoms. The van der Waals surface area contributed by atoms with Gasteiger partial charge in [-0.25, -0.2) is 0 Å². The van der Waals surface area contributed by atoms with Crippen molar-refractivity contribution in [3.8, 4) is 12.3 Å². The van der Waals surface area contributed by atoms with Gasteiger partial charge in [-0.1, -0.05) is 5.92 Å². The van der Waals surface area contributed by atoms with Crippen molar-refractivity contribution < 1.29 is 4.79 Å². The molecule has 0 aliphatic heterocycles. The van der Waals surface area contributed by atoms with Crippen LogP contribution in [-0.4, -0.2) is 19.4 Å². The molecule has 0 fully saturated rings. The van der Waals surface area contributed by atoms with E-state index in [1.165, 1.54) is 11.3 Å². The molecule has 13 heavy (non-hydrogen) atoms. The maximum Gasteiger partial charge on any atom is 0.160 e. The molecule has 1 heterocycles. The maximum atomic E-state index is 10.4. The summed E-state index contributed by atoms with van der Waals surface area (Å²) < 4.78 is 0. The Bertz CT molecular complexity index is 324. The van der Waals surface area contributed by atoms with E-state index >= 15 is 0 Å². The van der Waals surface area contributed by atoms with Crippen LogP contribution in [0.15, 0.2) is 11.4 Å². The summed E-state index contributed by atoms with van der Waals surface area (Å²) in [6.07, 6.45) is 6.08. The van der Waals surface area contributed by atoms with E-state index in [0.717, 1.165) is 23.4 Å². The van der Waals surface area contributed by atoms with Crippen LogP contribution in [0.1, 0.15) is 16.6 Å². The van der Waals surface area contributed by atoms with Gasteiger partial charge in [0.25, 0.3) is 0 Å². The highest BCUT2D eigenvalue weighted by Gasteiger charge is 2.04. The lowest BCUT2D eigenvalue weighted by Gasteiger charge is -2.17. The van der Waals surface area contributed by atoms with Gasteiger partial charge in [-0.15, -0.1) is 17.8 Å². The Kier molecular flexibility index (Phi) is 3.53. The van der Waals surface area contributed by atoms with Gasteiger partial charge in [0.15, 0.2) is 6.29 Å². The molecule has 0 amide bonds. The fourth-order valence-electron chi connectivity index (χ4n) is 1.07.